The highest BCUT2D eigenvalue weighted by Gasteiger charge is 2.08. The molecule has 0 atom stereocenters. The lowest BCUT2D eigenvalue weighted by Crippen LogP contribution is -2.19. The zero-order valence-corrected chi connectivity index (χ0v) is 13.9. The Kier molecular flexibility index (Phi) is 5.35. The van der Waals surface area contributed by atoms with Crippen LogP contribution in [0.1, 0.15) is 10.4 Å². The first-order chi connectivity index (χ1) is 12.1. The minimum atomic E-state index is -0.367. The Labute approximate surface area is 147 Å². The van der Waals surface area contributed by atoms with E-state index in [1.807, 2.05) is 0 Å². The van der Waals surface area contributed by atoms with Crippen LogP contribution >= 0.6 is 11.3 Å². The van der Waals surface area contributed by atoms with Crippen LogP contribution in [0.4, 0.5) is 13.9 Å². The highest BCUT2D eigenvalue weighted by Crippen LogP contribution is 2.21. The second-order valence-corrected chi connectivity index (χ2v) is 6.34. The second-order valence-electron chi connectivity index (χ2n) is 5.23. The first-order valence-corrected chi connectivity index (χ1v) is 8.27. The fourth-order valence-electron chi connectivity index (χ4n) is 2.09. The van der Waals surface area contributed by atoms with Crippen molar-refractivity contribution in [2.24, 2.45) is 0 Å². The van der Waals surface area contributed by atoms with Gasteiger partial charge in [-0.15, -0.1) is 11.3 Å². The van der Waals surface area contributed by atoms with Gasteiger partial charge in [0.25, 0.3) is 5.91 Å². The van der Waals surface area contributed by atoms with Crippen molar-refractivity contribution in [3.05, 3.63) is 76.8 Å². The molecular formula is C18H14F2N2O2S. The van der Waals surface area contributed by atoms with Gasteiger partial charge in [-0.2, -0.15) is 0 Å². The Morgan fingerprint density at radius 3 is 2.36 bits per heavy atom. The third-order valence-electron chi connectivity index (χ3n) is 3.28. The number of carbonyl (C=O) groups is 1. The van der Waals surface area contributed by atoms with Crippen molar-refractivity contribution >= 4 is 22.4 Å². The van der Waals surface area contributed by atoms with Crippen molar-refractivity contribution in [2.45, 2.75) is 6.42 Å². The number of rotatable bonds is 6. The molecule has 0 bridgehead atoms. The molecule has 4 nitrogen and oxygen atoms in total. The lowest BCUT2D eigenvalue weighted by Gasteiger charge is -2.05. The number of carbonyl (C=O) groups excluding carboxylic acids is 1. The molecule has 7 heteroatoms. The monoisotopic (exact) mass is 360 g/mol. The molecule has 3 aromatic rings. The number of nitrogens with zero attached hydrogens (tertiary/aromatic N) is 1. The van der Waals surface area contributed by atoms with Crippen LogP contribution in [-0.4, -0.2) is 17.5 Å². The van der Waals surface area contributed by atoms with E-state index in [-0.39, 0.29) is 24.1 Å². The molecule has 0 spiro atoms. The van der Waals surface area contributed by atoms with Crippen LogP contribution in [0.5, 0.6) is 5.75 Å². The van der Waals surface area contributed by atoms with Gasteiger partial charge in [0.2, 0.25) is 0 Å². The number of ether oxygens (including phenoxy) is 1. The molecule has 128 valence electrons. The highest BCUT2D eigenvalue weighted by molar-refractivity contribution is 7.15. The summed E-state index contributed by atoms with van der Waals surface area (Å²) < 4.78 is 31.0. The first kappa shape index (κ1) is 17.0. The summed E-state index contributed by atoms with van der Waals surface area (Å²) in [6.07, 6.45) is 2.28. The second kappa shape index (κ2) is 7.85. The number of halogens is 2. The molecule has 0 saturated heterocycles. The van der Waals surface area contributed by atoms with Gasteiger partial charge in [-0.1, -0.05) is 12.1 Å². The molecule has 1 heterocycles. The minimum Gasteiger partial charge on any atom is -0.484 e. The molecule has 3 rings (SSSR count). The van der Waals surface area contributed by atoms with Crippen LogP contribution in [0.25, 0.3) is 0 Å². The zero-order valence-electron chi connectivity index (χ0n) is 13.0. The van der Waals surface area contributed by atoms with Crippen LogP contribution in [0.2, 0.25) is 0 Å². The molecule has 1 amide bonds. The van der Waals surface area contributed by atoms with Crippen molar-refractivity contribution < 1.29 is 18.3 Å². The molecule has 0 aliphatic heterocycles. The summed E-state index contributed by atoms with van der Waals surface area (Å²) in [6, 6.07) is 11.7. The maximum atomic E-state index is 12.9. The molecule has 1 N–H and O–H groups in total. The van der Waals surface area contributed by atoms with Gasteiger partial charge < -0.3 is 4.74 Å². The number of anilines is 1. The van der Waals surface area contributed by atoms with Crippen LogP contribution in [-0.2, 0) is 11.2 Å². The molecular weight excluding hydrogens is 346 g/mol. The molecule has 25 heavy (non-hydrogen) atoms. The third-order valence-corrected chi connectivity index (χ3v) is 4.19. The van der Waals surface area contributed by atoms with Crippen molar-refractivity contribution in [3.63, 3.8) is 0 Å². The average molecular weight is 360 g/mol. The Bertz CT molecular complexity index is 848. The van der Waals surface area contributed by atoms with Crippen molar-refractivity contribution in [1.29, 1.82) is 0 Å². The number of hydrogen-bond donors (Lipinski definition) is 1. The SMILES string of the molecule is O=C(COc1ccc(F)cc1)Nc1ncc(Cc2ccc(F)cc2)s1. The number of nitrogens with one attached hydrogen (secondary N) is 1. The summed E-state index contributed by atoms with van der Waals surface area (Å²) in [5, 5.41) is 3.11. The first-order valence-electron chi connectivity index (χ1n) is 7.46. The summed E-state index contributed by atoms with van der Waals surface area (Å²) >= 11 is 1.34. The summed E-state index contributed by atoms with van der Waals surface area (Å²) in [5.41, 5.74) is 0.961. The van der Waals surface area contributed by atoms with Gasteiger partial charge in [-0.3, -0.25) is 10.1 Å². The molecule has 0 unspecified atom stereocenters. The highest BCUT2D eigenvalue weighted by atomic mass is 32.1. The standard InChI is InChI=1S/C18H14F2N2O2S/c19-13-3-1-12(2-4-13)9-16-10-21-18(25-16)22-17(23)11-24-15-7-5-14(20)6-8-15/h1-8,10H,9,11H2,(H,21,22,23). The van der Waals surface area contributed by atoms with Crippen molar-refractivity contribution in [2.75, 3.05) is 11.9 Å². The average Bonchev–Trinajstić information content (AvgIpc) is 3.03. The normalized spacial score (nSPS) is 10.5. The quantitative estimate of drug-likeness (QED) is 0.722. The Morgan fingerprint density at radius 1 is 1.04 bits per heavy atom. The number of hydrogen-bond acceptors (Lipinski definition) is 4. The Hall–Kier alpha value is -2.80. The fourth-order valence-corrected chi connectivity index (χ4v) is 2.95. The molecule has 1 aromatic heterocycles. The maximum Gasteiger partial charge on any atom is 0.264 e. The molecule has 0 fully saturated rings. The molecule has 0 saturated carbocycles. The van der Waals surface area contributed by atoms with Gasteiger partial charge in [-0.25, -0.2) is 13.8 Å². The smallest absolute Gasteiger partial charge is 0.264 e. The molecule has 0 aliphatic carbocycles. The minimum absolute atomic E-state index is 0.196. The topological polar surface area (TPSA) is 51.2 Å². The van der Waals surface area contributed by atoms with E-state index >= 15 is 0 Å². The van der Waals surface area contributed by atoms with Crippen LogP contribution in [0.15, 0.2) is 54.7 Å². The van der Waals surface area contributed by atoms with E-state index < -0.39 is 0 Å². The van der Waals surface area contributed by atoms with Crippen LogP contribution in [0, 0.1) is 11.6 Å². The van der Waals surface area contributed by atoms with Crippen molar-refractivity contribution in [3.8, 4) is 5.75 Å². The van der Waals surface area contributed by atoms with Crippen LogP contribution < -0.4 is 10.1 Å². The summed E-state index contributed by atoms with van der Waals surface area (Å²) in [7, 11) is 0. The number of amides is 1. The largest absolute Gasteiger partial charge is 0.484 e. The van der Waals surface area contributed by atoms with E-state index in [9.17, 15) is 13.6 Å². The van der Waals surface area contributed by atoms with Gasteiger partial charge in [0.1, 0.15) is 17.4 Å². The predicted molar refractivity (Wildman–Crippen MR) is 91.8 cm³/mol. The van der Waals surface area contributed by atoms with Crippen molar-refractivity contribution in [1.82, 2.24) is 4.98 Å². The van der Waals surface area contributed by atoms with E-state index in [0.29, 0.717) is 17.3 Å². The Balaban J connectivity index is 1.51. The van der Waals surface area contributed by atoms with Gasteiger partial charge >= 0.3 is 0 Å². The lowest BCUT2D eigenvalue weighted by atomic mass is 10.1. The third kappa shape index (κ3) is 5.09. The van der Waals surface area contributed by atoms with E-state index in [4.69, 9.17) is 4.74 Å². The number of thiazole rings is 1. The van der Waals surface area contributed by atoms with Gasteiger partial charge in [-0.05, 0) is 42.0 Å². The Morgan fingerprint density at radius 2 is 1.68 bits per heavy atom. The van der Waals surface area contributed by atoms with Gasteiger partial charge in [0.05, 0.1) is 0 Å². The van der Waals surface area contributed by atoms with E-state index in [2.05, 4.69) is 10.3 Å². The van der Waals surface area contributed by atoms with Gasteiger partial charge in [0.15, 0.2) is 11.7 Å². The predicted octanol–water partition coefficient (Wildman–Crippen LogP) is 4.03. The summed E-state index contributed by atoms with van der Waals surface area (Å²) in [5.74, 6) is -0.588. The number of aromatic nitrogens is 1. The van der Waals surface area contributed by atoms with E-state index in [1.54, 1.807) is 18.3 Å². The lowest BCUT2D eigenvalue weighted by molar-refractivity contribution is -0.118. The fraction of sp³-hybridized carbons (Fsp3) is 0.111. The summed E-state index contributed by atoms with van der Waals surface area (Å²) in [4.78, 5) is 17.0. The van der Waals surface area contributed by atoms with E-state index in [0.717, 1.165) is 10.4 Å². The molecule has 0 aliphatic rings. The van der Waals surface area contributed by atoms with Crippen LogP contribution in [0.3, 0.4) is 0 Å². The van der Waals surface area contributed by atoms with E-state index in [1.165, 1.54) is 47.7 Å². The van der Waals surface area contributed by atoms with Gasteiger partial charge in [0, 0.05) is 17.5 Å². The zero-order chi connectivity index (χ0) is 17.6. The molecule has 0 radical (unpaired) electrons. The number of benzene rings is 2. The maximum absolute atomic E-state index is 12.9. The summed E-state index contributed by atoms with van der Waals surface area (Å²) in [6.45, 7) is -0.196. The molecule has 2 aromatic carbocycles.